The van der Waals surface area contributed by atoms with Gasteiger partial charge in [0.25, 0.3) is 0 Å². The second-order valence-corrected chi connectivity index (χ2v) is 16.8. The van der Waals surface area contributed by atoms with E-state index in [4.69, 9.17) is 16.7 Å². The van der Waals surface area contributed by atoms with E-state index in [1.165, 1.54) is 5.48 Å². The first kappa shape index (κ1) is 52.4. The highest BCUT2D eigenvalue weighted by Gasteiger charge is 2.42. The number of thioether (sulfide) groups is 1. The molecule has 2 aliphatic heterocycles. The molecule has 0 bridgehead atoms. The van der Waals surface area contributed by atoms with Gasteiger partial charge in [-0.3, -0.25) is 53.2 Å². The summed E-state index contributed by atoms with van der Waals surface area (Å²) in [6.45, 7) is 2.50. The van der Waals surface area contributed by atoms with E-state index in [1.54, 1.807) is 13.8 Å². The number of fused-ring (bicyclic) bond motifs is 1. The largest absolute Gasteiger partial charge is 0.481 e. The van der Waals surface area contributed by atoms with Crippen LogP contribution in [0.2, 0.25) is 0 Å². The molecule has 7 atom stereocenters. The van der Waals surface area contributed by atoms with E-state index in [1.807, 2.05) is 11.8 Å². The van der Waals surface area contributed by atoms with E-state index in [9.17, 15) is 57.8 Å². The van der Waals surface area contributed by atoms with Crippen molar-refractivity contribution in [3.8, 4) is 0 Å². The number of carbonyl (C=O) groups is 11. The van der Waals surface area contributed by atoms with Gasteiger partial charge in [-0.1, -0.05) is 20.3 Å². The molecule has 62 heavy (non-hydrogen) atoms. The average Bonchev–Trinajstić information content (AvgIpc) is 3.76. The second-order valence-electron chi connectivity index (χ2n) is 15.5. The van der Waals surface area contributed by atoms with E-state index in [0.29, 0.717) is 37.5 Å². The number of nitrogens with one attached hydrogen (secondary N) is 9. The molecule has 0 spiro atoms. The van der Waals surface area contributed by atoms with Crippen LogP contribution in [-0.2, 0) is 47.9 Å². The highest BCUT2D eigenvalue weighted by atomic mass is 32.2. The Morgan fingerprint density at radius 3 is 2.06 bits per heavy atom. The minimum atomic E-state index is -1.75. The van der Waals surface area contributed by atoms with Crippen molar-refractivity contribution in [2.45, 2.75) is 126 Å². The molecule has 2 aliphatic rings. The van der Waals surface area contributed by atoms with Crippen LogP contribution < -0.4 is 59.5 Å². The lowest BCUT2D eigenvalue weighted by molar-refractivity contribution is -0.142. The molecule has 0 aromatic heterocycles. The number of nitrogens with two attached hydrogens (primary N) is 2. The number of rotatable bonds is 30. The number of hydroxylamine groups is 1. The maximum atomic E-state index is 13.2. The molecule has 2 saturated heterocycles. The molecule has 11 amide bonds. The minimum absolute atomic E-state index is 0.110. The zero-order chi connectivity index (χ0) is 46.4. The van der Waals surface area contributed by atoms with Crippen LogP contribution in [0, 0.1) is 11.8 Å². The molecule has 0 saturated carbocycles. The van der Waals surface area contributed by atoms with E-state index in [-0.39, 0.29) is 49.2 Å². The number of carboxylic acid groups (broad SMARTS) is 1. The lowest BCUT2D eigenvalue weighted by Crippen LogP contribution is -2.56. The molecule has 15 N–H and O–H groups in total. The molecule has 0 aliphatic carbocycles. The van der Waals surface area contributed by atoms with Crippen molar-refractivity contribution < 1.29 is 63.1 Å². The maximum absolute atomic E-state index is 13.2. The number of urea groups is 1. The molecule has 24 nitrogen and oxygen atoms in total. The van der Waals surface area contributed by atoms with Gasteiger partial charge in [-0.05, 0) is 50.9 Å². The Morgan fingerprint density at radius 2 is 1.42 bits per heavy atom. The number of carboxylic acids is 1. The summed E-state index contributed by atoms with van der Waals surface area (Å²) in [7, 11) is 0. The van der Waals surface area contributed by atoms with Gasteiger partial charge in [-0.2, -0.15) is 11.8 Å². The number of hydrogen-bond donors (Lipinski definition) is 13. The van der Waals surface area contributed by atoms with Gasteiger partial charge in [-0.15, -0.1) is 0 Å². The average molecular weight is 900 g/mol. The maximum Gasteiger partial charge on any atom is 0.315 e. The Balaban J connectivity index is 1.78. The van der Waals surface area contributed by atoms with E-state index in [2.05, 4.69) is 42.5 Å². The summed E-state index contributed by atoms with van der Waals surface area (Å²) in [4.78, 5) is 135. The highest BCUT2D eigenvalue weighted by Crippen LogP contribution is 2.33. The Labute approximate surface area is 362 Å². The van der Waals surface area contributed by atoms with Crippen molar-refractivity contribution in [3.05, 3.63) is 0 Å². The van der Waals surface area contributed by atoms with E-state index in [0.717, 1.165) is 18.6 Å². The van der Waals surface area contributed by atoms with Gasteiger partial charge in [0.1, 0.15) is 18.1 Å². The van der Waals surface area contributed by atoms with Gasteiger partial charge in [0.15, 0.2) is 0 Å². The first-order valence-electron chi connectivity index (χ1n) is 20.4. The summed E-state index contributed by atoms with van der Waals surface area (Å²) in [5.41, 5.74) is 12.1. The lowest BCUT2D eigenvalue weighted by Gasteiger charge is -2.24. The summed E-state index contributed by atoms with van der Waals surface area (Å²) >= 11 is 1.82. The van der Waals surface area contributed by atoms with Crippen molar-refractivity contribution in [1.82, 2.24) is 48.0 Å². The van der Waals surface area contributed by atoms with Crippen LogP contribution in [0.3, 0.4) is 0 Å². The number of unbranched alkanes of at least 4 members (excludes halogenated alkanes) is 2. The standard InChI is InChI=1S/C37H61N11O13S/c1-19(2)13-20(14-28(51)48-61)34(57)45-23(15-31(54)55)36(59)44-22(10-11-26(38)49)35(58)42-16-29(52)41-17-30(53)43-21(33(39)56)7-5-6-12-40-27(50)9-4-3-8-25-32-24(18-62-25)46-37(60)47-32/h19-25,32,61H,3-18H2,1-2H3,(H2,38,49)(H2,39,56)(H,40,50)(H,41,52)(H,42,58)(H,43,53)(H,44,59)(H,45,57)(H,48,51)(H,54,55)(H2,46,47,60)/t20?,21-,22-,23-,24-,25-,32-/m0/s1. The van der Waals surface area contributed by atoms with Crippen molar-refractivity contribution in [2.24, 2.45) is 23.3 Å². The SMILES string of the molecule is CC(C)CC(CC(=O)NO)C(=O)N[C@@H](CC(=O)O)C(=O)N[C@@H](CCC(N)=O)C(=O)NCC(=O)NCC(=O)N[C@@H](CCCCNC(=O)CCCC[C@@H]1SC[C@@H]2NC(=O)N[C@@H]21)C(N)=O. The smallest absolute Gasteiger partial charge is 0.315 e. The Morgan fingerprint density at radius 1 is 0.726 bits per heavy atom. The fraction of sp³-hybridized carbons (Fsp3) is 0.703. The van der Waals surface area contributed by atoms with Gasteiger partial charge in [0.2, 0.25) is 53.2 Å². The second kappa shape index (κ2) is 27.3. The van der Waals surface area contributed by atoms with Crippen molar-refractivity contribution in [3.63, 3.8) is 0 Å². The van der Waals surface area contributed by atoms with E-state index < -0.39 is 110 Å². The monoisotopic (exact) mass is 899 g/mol. The Hall–Kier alpha value is -5.72. The Kier molecular flexibility index (Phi) is 23.1. The van der Waals surface area contributed by atoms with Crippen LogP contribution in [0.1, 0.15) is 90.9 Å². The lowest BCUT2D eigenvalue weighted by atomic mass is 9.92. The first-order chi connectivity index (χ1) is 29.3. The molecule has 1 unspecified atom stereocenters. The molecule has 2 rings (SSSR count). The van der Waals surface area contributed by atoms with Gasteiger partial charge in [-0.25, -0.2) is 10.3 Å². The summed E-state index contributed by atoms with van der Waals surface area (Å²) in [6.07, 6.45) is 1.77. The van der Waals surface area contributed by atoms with Gasteiger partial charge >= 0.3 is 12.0 Å². The minimum Gasteiger partial charge on any atom is -0.481 e. The van der Waals surface area contributed by atoms with Crippen LogP contribution in [0.15, 0.2) is 0 Å². The molecule has 0 aromatic carbocycles. The summed E-state index contributed by atoms with van der Waals surface area (Å²) < 4.78 is 0. The number of aliphatic carboxylic acids is 1. The number of hydrogen-bond acceptors (Lipinski definition) is 13. The number of amides is 11. The molecule has 0 aromatic rings. The van der Waals surface area contributed by atoms with Crippen LogP contribution >= 0.6 is 11.8 Å². The van der Waals surface area contributed by atoms with Gasteiger partial charge < -0.3 is 59.1 Å². The normalized spacial score (nSPS) is 18.3. The van der Waals surface area contributed by atoms with E-state index >= 15 is 0 Å². The zero-order valence-corrected chi connectivity index (χ0v) is 35.7. The topological polar surface area (TPSA) is 389 Å². The highest BCUT2D eigenvalue weighted by molar-refractivity contribution is 8.00. The predicted molar refractivity (Wildman–Crippen MR) is 220 cm³/mol. The molecule has 348 valence electrons. The fourth-order valence-corrected chi connectivity index (χ4v) is 8.29. The third-order valence-electron chi connectivity index (χ3n) is 9.88. The van der Waals surface area contributed by atoms with Crippen molar-refractivity contribution >= 4 is 76.9 Å². The quantitative estimate of drug-likeness (QED) is 0.0144. The molecular weight excluding hydrogens is 839 g/mol. The first-order valence-corrected chi connectivity index (χ1v) is 21.5. The molecule has 2 heterocycles. The molecule has 0 radical (unpaired) electrons. The third kappa shape index (κ3) is 20.2. The molecular formula is C37H61N11O13S. The van der Waals surface area contributed by atoms with Crippen LogP contribution in [0.4, 0.5) is 4.79 Å². The molecule has 2 fully saturated rings. The van der Waals surface area contributed by atoms with Crippen molar-refractivity contribution in [2.75, 3.05) is 25.4 Å². The molecule has 25 heteroatoms. The number of carbonyl (C=O) groups excluding carboxylic acids is 10. The van der Waals surface area contributed by atoms with Gasteiger partial charge in [0, 0.05) is 42.7 Å². The fourth-order valence-electron chi connectivity index (χ4n) is 6.75. The third-order valence-corrected chi connectivity index (χ3v) is 11.4. The summed E-state index contributed by atoms with van der Waals surface area (Å²) in [6, 6.07) is -4.24. The van der Waals surface area contributed by atoms with Gasteiger partial charge in [0.05, 0.1) is 31.6 Å². The Bertz CT molecular complexity index is 1640. The van der Waals surface area contributed by atoms with Crippen LogP contribution in [-0.4, -0.2) is 136 Å². The summed E-state index contributed by atoms with van der Waals surface area (Å²) in [5, 5.41) is 38.7. The summed E-state index contributed by atoms with van der Waals surface area (Å²) in [5.74, 6) is -9.15. The van der Waals surface area contributed by atoms with Crippen LogP contribution in [0.25, 0.3) is 0 Å². The van der Waals surface area contributed by atoms with Crippen molar-refractivity contribution in [1.29, 1.82) is 0 Å². The number of primary amides is 2. The van der Waals surface area contributed by atoms with Crippen LogP contribution in [0.5, 0.6) is 0 Å². The zero-order valence-electron chi connectivity index (χ0n) is 34.9. The predicted octanol–water partition coefficient (Wildman–Crippen LogP) is -3.53.